The number of nitrogens with zero attached hydrogens (tertiary/aromatic N) is 1. The van der Waals surface area contributed by atoms with Crippen molar-refractivity contribution in [3.63, 3.8) is 0 Å². The summed E-state index contributed by atoms with van der Waals surface area (Å²) >= 11 is 1.73. The van der Waals surface area contributed by atoms with Crippen molar-refractivity contribution in [2.75, 3.05) is 6.54 Å². The maximum Gasteiger partial charge on any atom is 0.224 e. The highest BCUT2D eigenvalue weighted by molar-refractivity contribution is 7.10. The molecule has 154 valence electrons. The zero-order valence-electron chi connectivity index (χ0n) is 17.2. The van der Waals surface area contributed by atoms with E-state index < -0.39 is 0 Å². The molecule has 1 fully saturated rings. The molecule has 1 aromatic heterocycles. The first-order valence-corrected chi connectivity index (χ1v) is 11.2. The van der Waals surface area contributed by atoms with Crippen LogP contribution in [-0.2, 0) is 10.2 Å². The topological polar surface area (TPSA) is 20.3 Å². The number of piperidine rings is 1. The van der Waals surface area contributed by atoms with Gasteiger partial charge in [0.15, 0.2) is 0 Å². The number of allylic oxidation sites excluding steroid dienone is 1. The summed E-state index contributed by atoms with van der Waals surface area (Å²) in [5.74, 6) is -0.0331. The van der Waals surface area contributed by atoms with Crippen LogP contribution in [0.25, 0.3) is 11.1 Å². The van der Waals surface area contributed by atoms with Gasteiger partial charge in [-0.3, -0.25) is 4.79 Å². The molecule has 2 atom stereocenters. The molecule has 0 saturated carbocycles. The van der Waals surface area contributed by atoms with Crippen LogP contribution in [0.15, 0.2) is 78.7 Å². The van der Waals surface area contributed by atoms with Gasteiger partial charge in [0.25, 0.3) is 0 Å². The third-order valence-corrected chi connectivity index (χ3v) is 7.37. The number of hydrogen-bond donors (Lipinski definition) is 0. The Morgan fingerprint density at radius 3 is 2.37 bits per heavy atom. The summed E-state index contributed by atoms with van der Waals surface area (Å²) in [4.78, 5) is 16.5. The van der Waals surface area contributed by atoms with Crippen LogP contribution in [0.5, 0.6) is 0 Å². The van der Waals surface area contributed by atoms with E-state index in [0.717, 1.165) is 36.1 Å². The van der Waals surface area contributed by atoms with Crippen molar-refractivity contribution in [1.82, 2.24) is 4.90 Å². The van der Waals surface area contributed by atoms with Crippen molar-refractivity contribution in [3.05, 3.63) is 95.0 Å². The molecule has 1 amide bonds. The number of carbonyl (C=O) groups excluding carboxylic acids is 1. The first-order valence-electron chi connectivity index (χ1n) is 10.3. The van der Waals surface area contributed by atoms with E-state index in [0.29, 0.717) is 6.42 Å². The molecule has 0 N–H and O–H groups in total. The van der Waals surface area contributed by atoms with Crippen LogP contribution in [0.2, 0.25) is 0 Å². The Kier molecular flexibility index (Phi) is 5.87. The number of benzene rings is 2. The molecule has 0 unspecified atom stereocenters. The van der Waals surface area contributed by atoms with Crippen LogP contribution in [0.3, 0.4) is 0 Å². The molecule has 0 radical (unpaired) electrons. The van der Waals surface area contributed by atoms with Crippen molar-refractivity contribution >= 4 is 17.2 Å². The number of rotatable bonds is 6. The third-order valence-electron chi connectivity index (χ3n) is 6.26. The summed E-state index contributed by atoms with van der Waals surface area (Å²) in [7, 11) is 0. The summed E-state index contributed by atoms with van der Waals surface area (Å²) in [6.07, 6.45) is 4.24. The van der Waals surface area contributed by atoms with Gasteiger partial charge in [0.05, 0.1) is 6.04 Å². The van der Waals surface area contributed by atoms with Gasteiger partial charge in [-0.25, -0.2) is 4.39 Å². The summed E-state index contributed by atoms with van der Waals surface area (Å²) < 4.78 is 13.2. The molecule has 1 saturated heterocycles. The number of carbonyl (C=O) groups is 1. The molecule has 0 spiro atoms. The maximum atomic E-state index is 13.2. The molecular formula is C26H26FNOS. The molecule has 1 aliphatic heterocycles. The summed E-state index contributed by atoms with van der Waals surface area (Å²) in [6.45, 7) is 6.77. The van der Waals surface area contributed by atoms with Crippen LogP contribution < -0.4 is 0 Å². The molecule has 2 aromatic carbocycles. The van der Waals surface area contributed by atoms with Crippen LogP contribution >= 0.6 is 11.3 Å². The monoisotopic (exact) mass is 419 g/mol. The number of thiophene rings is 1. The number of hydrogen-bond acceptors (Lipinski definition) is 2. The average molecular weight is 420 g/mol. The highest BCUT2D eigenvalue weighted by Gasteiger charge is 2.41. The Labute approximate surface area is 181 Å². The van der Waals surface area contributed by atoms with Crippen molar-refractivity contribution in [1.29, 1.82) is 0 Å². The van der Waals surface area contributed by atoms with Gasteiger partial charge in [-0.05, 0) is 60.0 Å². The number of likely N-dealkylation sites (tertiary alicyclic amines) is 1. The van der Waals surface area contributed by atoms with Gasteiger partial charge in [0, 0.05) is 23.3 Å². The van der Waals surface area contributed by atoms with E-state index in [1.165, 1.54) is 17.0 Å². The second-order valence-electron chi connectivity index (χ2n) is 8.07. The minimum absolute atomic E-state index is 0.0184. The van der Waals surface area contributed by atoms with Crippen molar-refractivity contribution < 1.29 is 9.18 Å². The van der Waals surface area contributed by atoms with E-state index in [1.54, 1.807) is 23.5 Å². The second-order valence-corrected chi connectivity index (χ2v) is 9.02. The fourth-order valence-corrected chi connectivity index (χ4v) is 5.43. The molecule has 2 nitrogen and oxygen atoms in total. The van der Waals surface area contributed by atoms with E-state index in [4.69, 9.17) is 0 Å². The molecule has 0 aliphatic carbocycles. The molecule has 3 aromatic rings. The van der Waals surface area contributed by atoms with E-state index in [1.807, 2.05) is 23.1 Å². The van der Waals surface area contributed by atoms with Crippen LogP contribution in [-0.4, -0.2) is 17.4 Å². The quantitative estimate of drug-likeness (QED) is 0.405. The van der Waals surface area contributed by atoms with E-state index in [2.05, 4.69) is 43.1 Å². The first kappa shape index (κ1) is 20.5. The molecule has 4 heteroatoms. The molecule has 0 bridgehead atoms. The van der Waals surface area contributed by atoms with Gasteiger partial charge < -0.3 is 4.90 Å². The van der Waals surface area contributed by atoms with Crippen molar-refractivity contribution in [2.24, 2.45) is 0 Å². The molecular weight excluding hydrogens is 393 g/mol. The largest absolute Gasteiger partial charge is 0.336 e. The number of halogens is 1. The highest BCUT2D eigenvalue weighted by Crippen LogP contribution is 2.43. The molecule has 30 heavy (non-hydrogen) atoms. The smallest absolute Gasteiger partial charge is 0.224 e. The Morgan fingerprint density at radius 2 is 1.80 bits per heavy atom. The second kappa shape index (κ2) is 8.57. The lowest BCUT2D eigenvalue weighted by Gasteiger charge is -2.43. The Bertz CT molecular complexity index is 1010. The van der Waals surface area contributed by atoms with Crippen LogP contribution in [0.4, 0.5) is 4.39 Å². The summed E-state index contributed by atoms with van der Waals surface area (Å²) in [5.41, 5.74) is 3.02. The molecule has 4 rings (SSSR count). The fourth-order valence-electron chi connectivity index (χ4n) is 4.47. The van der Waals surface area contributed by atoms with E-state index >= 15 is 0 Å². The van der Waals surface area contributed by atoms with E-state index in [9.17, 15) is 9.18 Å². The predicted octanol–water partition coefficient (Wildman–Crippen LogP) is 6.75. The van der Waals surface area contributed by atoms with Gasteiger partial charge in [0.2, 0.25) is 5.91 Å². The lowest BCUT2D eigenvalue weighted by Crippen LogP contribution is -2.46. The van der Waals surface area contributed by atoms with Gasteiger partial charge in [-0.2, -0.15) is 0 Å². The maximum absolute atomic E-state index is 13.2. The van der Waals surface area contributed by atoms with Gasteiger partial charge >= 0.3 is 0 Å². The van der Waals surface area contributed by atoms with Gasteiger partial charge in [-0.1, -0.05) is 48.5 Å². The van der Waals surface area contributed by atoms with E-state index in [-0.39, 0.29) is 23.2 Å². The van der Waals surface area contributed by atoms with Gasteiger partial charge in [-0.15, -0.1) is 17.9 Å². The average Bonchev–Trinajstić information content (AvgIpc) is 3.30. The Morgan fingerprint density at radius 1 is 1.13 bits per heavy atom. The Balaban J connectivity index is 1.50. The van der Waals surface area contributed by atoms with Gasteiger partial charge in [0.1, 0.15) is 5.82 Å². The predicted molar refractivity (Wildman–Crippen MR) is 122 cm³/mol. The zero-order valence-corrected chi connectivity index (χ0v) is 18.0. The van der Waals surface area contributed by atoms with Crippen LogP contribution in [0.1, 0.15) is 42.7 Å². The minimum Gasteiger partial charge on any atom is -0.336 e. The highest BCUT2D eigenvalue weighted by atomic mass is 32.1. The third kappa shape index (κ3) is 3.97. The SMILES string of the molecule is C=CC[C@@]1(c2cccs2)CCN([C@@H](C)c2ccc(-c3ccc(F)cc3)cc2)C(=O)C1. The minimum atomic E-state index is -0.234. The van der Waals surface area contributed by atoms with Crippen molar-refractivity contribution in [2.45, 2.75) is 37.6 Å². The lowest BCUT2D eigenvalue weighted by atomic mass is 9.73. The lowest BCUT2D eigenvalue weighted by molar-refractivity contribution is -0.138. The first-order chi connectivity index (χ1) is 14.5. The summed E-state index contributed by atoms with van der Waals surface area (Å²) in [5, 5.41) is 2.09. The number of amides is 1. The fraction of sp³-hybridized carbons (Fsp3) is 0.269. The summed E-state index contributed by atoms with van der Waals surface area (Å²) in [6, 6.07) is 19.0. The Hall–Kier alpha value is -2.72. The molecule has 2 heterocycles. The standard InChI is InChI=1S/C26H26FNOS/c1-3-14-26(24-5-4-17-30-24)15-16-28(25(29)18-26)19(2)20-6-8-21(9-7-20)22-10-12-23(27)13-11-22/h3-13,17,19H,1,14-16,18H2,2H3/t19-,26+/m0/s1. The van der Waals surface area contributed by atoms with Crippen molar-refractivity contribution in [3.8, 4) is 11.1 Å². The van der Waals surface area contributed by atoms with Crippen LogP contribution in [0, 0.1) is 5.82 Å². The normalized spacial score (nSPS) is 20.2. The molecule has 1 aliphatic rings. The zero-order chi connectivity index (χ0) is 21.1.